The summed E-state index contributed by atoms with van der Waals surface area (Å²) in [6.07, 6.45) is -2.07. The number of quaternary nitrogens is 1. The van der Waals surface area contributed by atoms with E-state index in [1.807, 2.05) is 0 Å². The lowest BCUT2D eigenvalue weighted by molar-refractivity contribution is -0.932. The zero-order valence-electron chi connectivity index (χ0n) is 11.3. The molecule has 0 saturated carbocycles. The Morgan fingerprint density at radius 3 is 2.06 bits per heavy atom. The van der Waals surface area contributed by atoms with Gasteiger partial charge in [-0.3, -0.25) is 0 Å². The van der Waals surface area contributed by atoms with Gasteiger partial charge in [0.15, 0.2) is 0 Å². The van der Waals surface area contributed by atoms with Crippen molar-refractivity contribution in [2.45, 2.75) is 57.7 Å². The number of aliphatic hydroxyl groups excluding tert-OH is 1. The van der Waals surface area contributed by atoms with Crippen LogP contribution in [0, 0.1) is 0 Å². The molecular formula is C12H22NO5+. The average molecular weight is 260 g/mol. The van der Waals surface area contributed by atoms with Crippen LogP contribution in [-0.2, 0) is 4.79 Å². The lowest BCUT2D eigenvalue weighted by Gasteiger charge is -2.49. The summed E-state index contributed by atoms with van der Waals surface area (Å²) in [6, 6.07) is 0. The number of amides is 1. The van der Waals surface area contributed by atoms with Crippen molar-refractivity contribution in [3.8, 4) is 0 Å². The van der Waals surface area contributed by atoms with Crippen molar-refractivity contribution < 1.29 is 29.4 Å². The van der Waals surface area contributed by atoms with Crippen LogP contribution in [0.1, 0.15) is 40.5 Å². The Kier molecular flexibility index (Phi) is 3.49. The van der Waals surface area contributed by atoms with E-state index in [0.29, 0.717) is 0 Å². The van der Waals surface area contributed by atoms with Gasteiger partial charge in [-0.05, 0) is 20.8 Å². The number of likely N-dealkylation sites (tertiary alicyclic amines) is 1. The standard InChI is InChI=1S/C12H21NO5/c1-5-12(9(15)16)8(14)6-7-13(12,10(17)18)11(2,3)4/h8,14H,5-7H2,1-4H3,(H-,15,16,17,18)/p+1/t8-,12+,13?/m0/s1. The second-order valence-electron chi connectivity index (χ2n) is 5.87. The van der Waals surface area contributed by atoms with Crippen molar-refractivity contribution in [2.24, 2.45) is 0 Å². The molecular weight excluding hydrogens is 238 g/mol. The van der Waals surface area contributed by atoms with Crippen molar-refractivity contribution in [2.75, 3.05) is 6.54 Å². The molecule has 1 saturated heterocycles. The summed E-state index contributed by atoms with van der Waals surface area (Å²) in [7, 11) is 0. The largest absolute Gasteiger partial charge is 0.514 e. The van der Waals surface area contributed by atoms with Crippen LogP contribution >= 0.6 is 0 Å². The fourth-order valence-corrected chi connectivity index (χ4v) is 3.46. The molecule has 0 aliphatic carbocycles. The van der Waals surface area contributed by atoms with Crippen LogP contribution < -0.4 is 0 Å². The lowest BCUT2D eigenvalue weighted by Crippen LogP contribution is -2.76. The molecule has 18 heavy (non-hydrogen) atoms. The Labute approximate surface area is 106 Å². The molecule has 6 heteroatoms. The first-order valence-corrected chi connectivity index (χ1v) is 6.11. The highest BCUT2D eigenvalue weighted by Crippen LogP contribution is 2.46. The Morgan fingerprint density at radius 1 is 1.33 bits per heavy atom. The first-order valence-electron chi connectivity index (χ1n) is 6.11. The SMILES string of the molecule is CC[C@]1(C(=O)O)[C@@H](O)CC[N+]1(C(=O)O)C(C)(C)C. The first-order chi connectivity index (χ1) is 8.08. The number of hydrogen-bond acceptors (Lipinski definition) is 3. The maximum absolute atomic E-state index is 11.8. The molecule has 104 valence electrons. The van der Waals surface area contributed by atoms with Crippen LogP contribution in [0.15, 0.2) is 0 Å². The van der Waals surface area contributed by atoms with E-state index in [0.717, 1.165) is 0 Å². The quantitative estimate of drug-likeness (QED) is 0.650. The summed E-state index contributed by atoms with van der Waals surface area (Å²) in [5.74, 6) is -1.24. The summed E-state index contributed by atoms with van der Waals surface area (Å²) < 4.78 is -0.632. The Hall–Kier alpha value is -1.14. The van der Waals surface area contributed by atoms with E-state index in [-0.39, 0.29) is 19.4 Å². The van der Waals surface area contributed by atoms with Gasteiger partial charge in [0.05, 0.1) is 6.54 Å². The maximum Gasteiger partial charge on any atom is 0.514 e. The van der Waals surface area contributed by atoms with Gasteiger partial charge < -0.3 is 15.3 Å². The molecule has 0 bridgehead atoms. The molecule has 1 rings (SSSR count). The molecule has 3 atom stereocenters. The number of aliphatic hydroxyl groups is 1. The van der Waals surface area contributed by atoms with Gasteiger partial charge in [-0.2, -0.15) is 4.79 Å². The lowest BCUT2D eigenvalue weighted by atomic mass is 9.84. The molecule has 1 aliphatic heterocycles. The number of carboxylic acids is 1. The number of carboxylic acid groups (broad SMARTS) is 2. The molecule has 6 nitrogen and oxygen atoms in total. The Morgan fingerprint density at radius 2 is 1.83 bits per heavy atom. The molecule has 0 aromatic rings. The highest BCUT2D eigenvalue weighted by molar-refractivity contribution is 5.81. The minimum atomic E-state index is -1.68. The predicted octanol–water partition coefficient (Wildman–Crippen LogP) is 1.28. The van der Waals surface area contributed by atoms with Gasteiger partial charge in [0, 0.05) is 12.8 Å². The normalized spacial score (nSPS) is 36.6. The fraction of sp³-hybridized carbons (Fsp3) is 0.833. The minimum absolute atomic E-state index is 0.0765. The summed E-state index contributed by atoms with van der Waals surface area (Å²) in [4.78, 5) is 23.5. The fourth-order valence-electron chi connectivity index (χ4n) is 3.46. The van der Waals surface area contributed by atoms with E-state index >= 15 is 0 Å². The molecule has 0 aromatic carbocycles. The van der Waals surface area contributed by atoms with E-state index in [4.69, 9.17) is 0 Å². The number of nitrogens with zero attached hydrogens (tertiary/aromatic N) is 1. The average Bonchev–Trinajstić information content (AvgIpc) is 2.52. The maximum atomic E-state index is 11.8. The van der Waals surface area contributed by atoms with Gasteiger partial charge in [0.25, 0.3) is 0 Å². The van der Waals surface area contributed by atoms with Crippen molar-refractivity contribution in [3.05, 3.63) is 0 Å². The third-order valence-electron chi connectivity index (χ3n) is 4.35. The zero-order chi connectivity index (χ0) is 14.4. The zero-order valence-corrected chi connectivity index (χ0v) is 11.3. The molecule has 0 aromatic heterocycles. The van der Waals surface area contributed by atoms with Gasteiger partial charge in [-0.25, -0.2) is 9.28 Å². The first kappa shape index (κ1) is 14.9. The van der Waals surface area contributed by atoms with Gasteiger partial charge in [0.1, 0.15) is 11.6 Å². The van der Waals surface area contributed by atoms with Gasteiger partial charge in [-0.15, -0.1) is 0 Å². The number of hydrogen-bond donors (Lipinski definition) is 3. The van der Waals surface area contributed by atoms with Gasteiger partial charge >= 0.3 is 12.1 Å². The monoisotopic (exact) mass is 260 g/mol. The number of carbonyl (C=O) groups is 2. The third kappa shape index (κ3) is 1.48. The second-order valence-corrected chi connectivity index (χ2v) is 5.87. The summed E-state index contributed by atoms with van der Waals surface area (Å²) in [5.41, 5.74) is -2.48. The van der Waals surface area contributed by atoms with E-state index < -0.39 is 33.7 Å². The minimum Gasteiger partial charge on any atom is -0.477 e. The van der Waals surface area contributed by atoms with E-state index in [1.165, 1.54) is 0 Å². The molecule has 1 aliphatic rings. The molecule has 1 amide bonds. The summed E-state index contributed by atoms with van der Waals surface area (Å²) in [5, 5.41) is 29.3. The third-order valence-corrected chi connectivity index (χ3v) is 4.35. The Balaban J connectivity index is 3.61. The van der Waals surface area contributed by atoms with Crippen molar-refractivity contribution in [1.82, 2.24) is 0 Å². The van der Waals surface area contributed by atoms with E-state index in [2.05, 4.69) is 0 Å². The van der Waals surface area contributed by atoms with Crippen LogP contribution in [0.3, 0.4) is 0 Å². The van der Waals surface area contributed by atoms with Gasteiger partial charge in [-0.1, -0.05) is 6.92 Å². The highest BCUT2D eigenvalue weighted by atomic mass is 16.4. The Bertz CT molecular complexity index is 375. The predicted molar refractivity (Wildman–Crippen MR) is 64.2 cm³/mol. The topological polar surface area (TPSA) is 94.8 Å². The molecule has 0 radical (unpaired) electrons. The van der Waals surface area contributed by atoms with Gasteiger partial charge in [0.2, 0.25) is 5.54 Å². The van der Waals surface area contributed by atoms with Crippen molar-refractivity contribution in [1.29, 1.82) is 0 Å². The van der Waals surface area contributed by atoms with E-state index in [1.54, 1.807) is 27.7 Å². The molecule has 3 N–H and O–H groups in total. The smallest absolute Gasteiger partial charge is 0.477 e. The molecule has 1 heterocycles. The number of aliphatic carboxylic acids is 1. The van der Waals surface area contributed by atoms with Crippen LogP contribution in [-0.4, -0.2) is 55.6 Å². The molecule has 0 spiro atoms. The van der Waals surface area contributed by atoms with Crippen LogP contribution in [0.4, 0.5) is 4.79 Å². The van der Waals surface area contributed by atoms with Crippen LogP contribution in [0.5, 0.6) is 0 Å². The summed E-state index contributed by atoms with van der Waals surface area (Å²) >= 11 is 0. The van der Waals surface area contributed by atoms with Crippen LogP contribution in [0.25, 0.3) is 0 Å². The van der Waals surface area contributed by atoms with Crippen molar-refractivity contribution >= 4 is 12.1 Å². The van der Waals surface area contributed by atoms with Crippen LogP contribution in [0.2, 0.25) is 0 Å². The molecule has 1 unspecified atom stereocenters. The van der Waals surface area contributed by atoms with E-state index in [9.17, 15) is 24.9 Å². The summed E-state index contributed by atoms with van der Waals surface area (Å²) in [6.45, 7) is 6.84. The number of rotatable bonds is 2. The molecule has 1 fully saturated rings. The highest BCUT2D eigenvalue weighted by Gasteiger charge is 2.73. The van der Waals surface area contributed by atoms with Crippen molar-refractivity contribution in [3.63, 3.8) is 0 Å². The second kappa shape index (κ2) is 4.20.